The van der Waals surface area contributed by atoms with E-state index >= 15 is 0 Å². The van der Waals surface area contributed by atoms with E-state index < -0.39 is 0 Å². The van der Waals surface area contributed by atoms with Gasteiger partial charge in [-0.3, -0.25) is 0 Å². The Bertz CT molecular complexity index is 678. The molecule has 6 nitrogen and oxygen atoms in total. The maximum Gasteiger partial charge on any atom is 0.194 e. The Morgan fingerprint density at radius 2 is 2.14 bits per heavy atom. The summed E-state index contributed by atoms with van der Waals surface area (Å²) in [6, 6.07) is 9.84. The molecule has 0 bridgehead atoms. The SMILES string of the molecule is CCNC(=NCc1cccc(C#N)c1)N1CCC(OCC2CCCCO2)CC1.I. The van der Waals surface area contributed by atoms with E-state index in [-0.39, 0.29) is 30.1 Å². The molecule has 1 unspecified atom stereocenters. The second kappa shape index (κ2) is 13.0. The molecule has 1 aromatic carbocycles. The number of hydrogen-bond donors (Lipinski definition) is 1. The molecule has 2 fully saturated rings. The number of likely N-dealkylation sites (tertiary alicyclic amines) is 1. The van der Waals surface area contributed by atoms with E-state index in [2.05, 4.69) is 23.2 Å². The van der Waals surface area contributed by atoms with Crippen molar-refractivity contribution in [3.05, 3.63) is 35.4 Å². The maximum absolute atomic E-state index is 9.05. The zero-order valence-electron chi connectivity index (χ0n) is 17.3. The highest BCUT2D eigenvalue weighted by Crippen LogP contribution is 2.18. The monoisotopic (exact) mass is 512 g/mol. The van der Waals surface area contributed by atoms with Gasteiger partial charge in [0.1, 0.15) is 0 Å². The summed E-state index contributed by atoms with van der Waals surface area (Å²) in [6.07, 6.45) is 6.20. The molecule has 2 aliphatic heterocycles. The number of rotatable bonds is 6. The molecular weight excluding hydrogens is 479 g/mol. The molecule has 2 heterocycles. The molecule has 0 radical (unpaired) electrons. The number of nitrogens with zero attached hydrogens (tertiary/aromatic N) is 3. The third-order valence-corrected chi connectivity index (χ3v) is 5.34. The molecule has 1 atom stereocenters. The van der Waals surface area contributed by atoms with E-state index in [1.807, 2.05) is 24.3 Å². The van der Waals surface area contributed by atoms with Crippen LogP contribution in [0.2, 0.25) is 0 Å². The zero-order chi connectivity index (χ0) is 19.6. The third-order valence-electron chi connectivity index (χ3n) is 5.34. The Hall–Kier alpha value is -1.37. The highest BCUT2D eigenvalue weighted by Gasteiger charge is 2.23. The standard InChI is InChI=1S/C22H32N4O2.HI/c1-2-24-22(25-16-19-7-5-6-18(14-19)15-23)26-11-9-20(10-12-26)28-17-21-8-3-4-13-27-21;/h5-7,14,20-21H,2-4,8-13,16-17H2,1H3,(H,24,25);1H. The van der Waals surface area contributed by atoms with E-state index in [4.69, 9.17) is 19.7 Å². The van der Waals surface area contributed by atoms with Crippen LogP contribution in [0.5, 0.6) is 0 Å². The molecular formula is C22H33IN4O2. The largest absolute Gasteiger partial charge is 0.376 e. The summed E-state index contributed by atoms with van der Waals surface area (Å²) in [6.45, 7) is 7.01. The first kappa shape index (κ1) is 23.9. The molecule has 160 valence electrons. The lowest BCUT2D eigenvalue weighted by Gasteiger charge is -2.35. The van der Waals surface area contributed by atoms with Gasteiger partial charge in [0.15, 0.2) is 5.96 Å². The van der Waals surface area contributed by atoms with Crippen LogP contribution in [0, 0.1) is 11.3 Å². The number of ether oxygens (including phenoxy) is 2. The van der Waals surface area contributed by atoms with E-state index in [9.17, 15) is 0 Å². The first-order chi connectivity index (χ1) is 13.8. The van der Waals surface area contributed by atoms with Crippen molar-refractivity contribution >= 4 is 29.9 Å². The maximum atomic E-state index is 9.05. The van der Waals surface area contributed by atoms with Gasteiger partial charge in [0.2, 0.25) is 0 Å². The Labute approximate surface area is 191 Å². The van der Waals surface area contributed by atoms with Crippen molar-refractivity contribution in [3.63, 3.8) is 0 Å². The minimum absolute atomic E-state index is 0. The van der Waals surface area contributed by atoms with Crippen molar-refractivity contribution in [3.8, 4) is 6.07 Å². The summed E-state index contributed by atoms with van der Waals surface area (Å²) in [5, 5.41) is 12.5. The molecule has 0 aromatic heterocycles. The highest BCUT2D eigenvalue weighted by atomic mass is 127. The molecule has 0 spiro atoms. The number of hydrogen-bond acceptors (Lipinski definition) is 4. The van der Waals surface area contributed by atoms with Gasteiger partial charge in [-0.25, -0.2) is 4.99 Å². The first-order valence-corrected chi connectivity index (χ1v) is 10.5. The zero-order valence-corrected chi connectivity index (χ0v) is 19.6. The fraction of sp³-hybridized carbons (Fsp3) is 0.636. The van der Waals surface area contributed by atoms with Crippen LogP contribution in [-0.4, -0.2) is 55.9 Å². The lowest BCUT2D eigenvalue weighted by molar-refractivity contribution is -0.0721. The van der Waals surface area contributed by atoms with Gasteiger partial charge in [-0.2, -0.15) is 5.26 Å². The summed E-state index contributed by atoms with van der Waals surface area (Å²) in [5.41, 5.74) is 1.73. The van der Waals surface area contributed by atoms with Crippen molar-refractivity contribution in [1.82, 2.24) is 10.2 Å². The molecule has 0 amide bonds. The van der Waals surface area contributed by atoms with E-state index in [1.165, 1.54) is 12.8 Å². The van der Waals surface area contributed by atoms with Crippen LogP contribution in [0.15, 0.2) is 29.3 Å². The molecule has 2 saturated heterocycles. The number of piperidine rings is 1. The van der Waals surface area contributed by atoms with Crippen LogP contribution in [0.4, 0.5) is 0 Å². The van der Waals surface area contributed by atoms with E-state index in [0.29, 0.717) is 18.2 Å². The first-order valence-electron chi connectivity index (χ1n) is 10.5. The Morgan fingerprint density at radius 3 is 2.83 bits per heavy atom. The number of nitrogens with one attached hydrogen (secondary N) is 1. The predicted molar refractivity (Wildman–Crippen MR) is 126 cm³/mol. The van der Waals surface area contributed by atoms with Crippen molar-refractivity contribution in [2.75, 3.05) is 32.8 Å². The molecule has 2 aliphatic rings. The minimum atomic E-state index is 0. The Morgan fingerprint density at radius 1 is 1.31 bits per heavy atom. The van der Waals surface area contributed by atoms with Crippen molar-refractivity contribution in [1.29, 1.82) is 5.26 Å². The van der Waals surface area contributed by atoms with E-state index in [1.54, 1.807) is 0 Å². The summed E-state index contributed by atoms with van der Waals surface area (Å²) in [4.78, 5) is 7.10. The molecule has 29 heavy (non-hydrogen) atoms. The molecule has 1 aromatic rings. The van der Waals surface area contributed by atoms with Crippen molar-refractivity contribution in [2.24, 2.45) is 4.99 Å². The summed E-state index contributed by atoms with van der Waals surface area (Å²) >= 11 is 0. The molecule has 0 aliphatic carbocycles. The Kier molecular flexibility index (Phi) is 10.7. The second-order valence-electron chi connectivity index (χ2n) is 7.49. The smallest absolute Gasteiger partial charge is 0.194 e. The molecule has 1 N–H and O–H groups in total. The quantitative estimate of drug-likeness (QED) is 0.358. The predicted octanol–water partition coefficient (Wildman–Crippen LogP) is 3.69. The number of aliphatic imine (C=N–C) groups is 1. The average Bonchev–Trinajstić information content (AvgIpc) is 2.76. The fourth-order valence-electron chi connectivity index (χ4n) is 3.75. The van der Waals surface area contributed by atoms with Gasteiger partial charge in [0, 0.05) is 26.2 Å². The number of benzene rings is 1. The number of halogens is 1. The van der Waals surface area contributed by atoms with Crippen LogP contribution in [0.25, 0.3) is 0 Å². The van der Waals surface area contributed by atoms with Crippen molar-refractivity contribution < 1.29 is 9.47 Å². The highest BCUT2D eigenvalue weighted by molar-refractivity contribution is 14.0. The van der Waals surface area contributed by atoms with Gasteiger partial charge in [-0.05, 0) is 56.7 Å². The van der Waals surface area contributed by atoms with Crippen LogP contribution in [0.3, 0.4) is 0 Å². The Balaban J connectivity index is 0.00000300. The van der Waals surface area contributed by atoms with Gasteiger partial charge in [-0.1, -0.05) is 12.1 Å². The van der Waals surface area contributed by atoms with Gasteiger partial charge >= 0.3 is 0 Å². The summed E-state index contributed by atoms with van der Waals surface area (Å²) in [7, 11) is 0. The van der Waals surface area contributed by atoms with Crippen molar-refractivity contribution in [2.45, 2.75) is 57.8 Å². The topological polar surface area (TPSA) is 69.9 Å². The van der Waals surface area contributed by atoms with Crippen LogP contribution < -0.4 is 5.32 Å². The van der Waals surface area contributed by atoms with Crippen LogP contribution >= 0.6 is 24.0 Å². The molecule has 7 heteroatoms. The van der Waals surface area contributed by atoms with E-state index in [0.717, 1.165) is 63.6 Å². The van der Waals surface area contributed by atoms with Gasteiger partial charge in [0.25, 0.3) is 0 Å². The fourth-order valence-corrected chi connectivity index (χ4v) is 3.75. The van der Waals surface area contributed by atoms with Gasteiger partial charge in [-0.15, -0.1) is 24.0 Å². The summed E-state index contributed by atoms with van der Waals surface area (Å²) in [5.74, 6) is 0.943. The van der Waals surface area contributed by atoms with Gasteiger partial charge in [0.05, 0.1) is 37.0 Å². The van der Waals surface area contributed by atoms with Crippen LogP contribution in [0.1, 0.15) is 50.2 Å². The van der Waals surface area contributed by atoms with Crippen LogP contribution in [-0.2, 0) is 16.0 Å². The normalized spacial score (nSPS) is 20.6. The summed E-state index contributed by atoms with van der Waals surface area (Å²) < 4.78 is 11.9. The lowest BCUT2D eigenvalue weighted by Crippen LogP contribution is -2.47. The number of nitriles is 1. The number of guanidine groups is 1. The average molecular weight is 512 g/mol. The van der Waals surface area contributed by atoms with Gasteiger partial charge < -0.3 is 19.7 Å². The lowest BCUT2D eigenvalue weighted by atomic mass is 10.1. The minimum Gasteiger partial charge on any atom is -0.376 e. The molecule has 3 rings (SSSR count). The molecule has 0 saturated carbocycles. The second-order valence-corrected chi connectivity index (χ2v) is 7.49. The third kappa shape index (κ3) is 7.76.